The van der Waals surface area contributed by atoms with Gasteiger partial charge in [-0.3, -0.25) is 0 Å². The third kappa shape index (κ3) is 3.08. The first kappa shape index (κ1) is 14.8. The fourth-order valence-electron chi connectivity index (χ4n) is 2.30. The highest BCUT2D eigenvalue weighted by Crippen LogP contribution is 2.27. The molecule has 2 aromatic heterocycles. The Labute approximate surface area is 133 Å². The minimum atomic E-state index is 0.367. The normalized spacial score (nSPS) is 10.6. The molecule has 0 unspecified atom stereocenters. The highest BCUT2D eigenvalue weighted by molar-refractivity contribution is 5.68. The molecular formula is C16H17N5O2. The number of anilines is 3. The van der Waals surface area contributed by atoms with Gasteiger partial charge in [0.25, 0.3) is 0 Å². The maximum atomic E-state index is 5.90. The van der Waals surface area contributed by atoms with Gasteiger partial charge in [0.2, 0.25) is 5.95 Å². The van der Waals surface area contributed by atoms with E-state index in [2.05, 4.69) is 20.4 Å². The highest BCUT2D eigenvalue weighted by Gasteiger charge is 2.15. The zero-order chi connectivity index (χ0) is 16.4. The second-order valence-electron chi connectivity index (χ2n) is 5.05. The van der Waals surface area contributed by atoms with Crippen molar-refractivity contribution in [1.29, 1.82) is 0 Å². The lowest BCUT2D eigenvalue weighted by Crippen LogP contribution is -2.02. The van der Waals surface area contributed by atoms with Gasteiger partial charge in [-0.25, -0.2) is 4.98 Å². The van der Waals surface area contributed by atoms with E-state index < -0.39 is 0 Å². The molecule has 7 heteroatoms. The van der Waals surface area contributed by atoms with Gasteiger partial charge in [0.1, 0.15) is 17.3 Å². The summed E-state index contributed by atoms with van der Waals surface area (Å²) in [6, 6.07) is 9.15. The third-order valence-electron chi connectivity index (χ3n) is 3.38. The van der Waals surface area contributed by atoms with E-state index in [1.54, 1.807) is 13.2 Å². The van der Waals surface area contributed by atoms with Crippen LogP contribution in [0, 0.1) is 13.8 Å². The molecule has 2 heterocycles. The van der Waals surface area contributed by atoms with E-state index in [4.69, 9.17) is 15.0 Å². The molecule has 3 N–H and O–H groups in total. The van der Waals surface area contributed by atoms with Gasteiger partial charge in [0.15, 0.2) is 0 Å². The molecule has 0 fully saturated rings. The summed E-state index contributed by atoms with van der Waals surface area (Å²) in [6.07, 6.45) is 0. The van der Waals surface area contributed by atoms with E-state index in [0.29, 0.717) is 23.2 Å². The van der Waals surface area contributed by atoms with Crippen molar-refractivity contribution in [3.63, 3.8) is 0 Å². The molecule has 0 amide bonds. The first-order valence-electron chi connectivity index (χ1n) is 7.05. The number of nitrogens with two attached hydrogens (primary N) is 1. The van der Waals surface area contributed by atoms with Gasteiger partial charge in [0, 0.05) is 11.8 Å². The van der Waals surface area contributed by atoms with Crippen molar-refractivity contribution in [3.05, 3.63) is 41.8 Å². The van der Waals surface area contributed by atoms with Gasteiger partial charge in [-0.05, 0) is 38.1 Å². The minimum absolute atomic E-state index is 0.367. The average molecular weight is 311 g/mol. The SMILES string of the molecule is COc1ccc(Nc2nc(N)cc(-c3c(C)noc3C)n2)cc1. The van der Waals surface area contributed by atoms with Crippen LogP contribution in [-0.4, -0.2) is 22.2 Å². The van der Waals surface area contributed by atoms with Gasteiger partial charge in [0.05, 0.1) is 24.1 Å². The van der Waals surface area contributed by atoms with Crippen LogP contribution in [-0.2, 0) is 0 Å². The van der Waals surface area contributed by atoms with Crippen molar-refractivity contribution in [1.82, 2.24) is 15.1 Å². The van der Waals surface area contributed by atoms with E-state index in [9.17, 15) is 0 Å². The van der Waals surface area contributed by atoms with E-state index in [0.717, 1.165) is 22.7 Å². The van der Waals surface area contributed by atoms with Gasteiger partial charge >= 0.3 is 0 Å². The molecule has 0 aliphatic rings. The lowest BCUT2D eigenvalue weighted by molar-refractivity contribution is 0.393. The molecule has 0 bridgehead atoms. The Morgan fingerprint density at radius 1 is 1.13 bits per heavy atom. The molecule has 0 radical (unpaired) electrons. The molecule has 0 saturated heterocycles. The zero-order valence-electron chi connectivity index (χ0n) is 13.1. The Kier molecular flexibility index (Phi) is 3.84. The Morgan fingerprint density at radius 3 is 2.48 bits per heavy atom. The molecule has 1 aromatic carbocycles. The monoisotopic (exact) mass is 311 g/mol. The number of methoxy groups -OCH3 is 1. The van der Waals surface area contributed by atoms with Gasteiger partial charge in [-0.15, -0.1) is 0 Å². The summed E-state index contributed by atoms with van der Waals surface area (Å²) in [4.78, 5) is 8.72. The molecular weight excluding hydrogens is 294 g/mol. The number of hydrogen-bond donors (Lipinski definition) is 2. The summed E-state index contributed by atoms with van der Waals surface area (Å²) < 4.78 is 10.3. The summed E-state index contributed by atoms with van der Waals surface area (Å²) in [5.41, 5.74) is 9.00. The second kappa shape index (κ2) is 5.96. The number of aromatic nitrogens is 3. The van der Waals surface area contributed by atoms with Crippen molar-refractivity contribution in [3.8, 4) is 17.0 Å². The van der Waals surface area contributed by atoms with Crippen LogP contribution >= 0.6 is 0 Å². The van der Waals surface area contributed by atoms with E-state index in [1.165, 1.54) is 0 Å². The third-order valence-corrected chi connectivity index (χ3v) is 3.38. The van der Waals surface area contributed by atoms with Crippen LogP contribution < -0.4 is 15.8 Å². The molecule has 23 heavy (non-hydrogen) atoms. The van der Waals surface area contributed by atoms with Crippen LogP contribution in [0.5, 0.6) is 5.75 Å². The van der Waals surface area contributed by atoms with Crippen LogP contribution in [0.15, 0.2) is 34.9 Å². The summed E-state index contributed by atoms with van der Waals surface area (Å²) in [5, 5.41) is 7.07. The Bertz CT molecular complexity index is 807. The molecule has 3 rings (SSSR count). The molecule has 118 valence electrons. The second-order valence-corrected chi connectivity index (χ2v) is 5.05. The van der Waals surface area contributed by atoms with Gasteiger partial charge in [-0.1, -0.05) is 5.16 Å². The first-order valence-corrected chi connectivity index (χ1v) is 7.05. The van der Waals surface area contributed by atoms with Crippen molar-refractivity contribution >= 4 is 17.5 Å². The topological polar surface area (TPSA) is 99.1 Å². The van der Waals surface area contributed by atoms with Crippen molar-refractivity contribution in [2.75, 3.05) is 18.2 Å². The Morgan fingerprint density at radius 2 is 1.87 bits per heavy atom. The number of aryl methyl sites for hydroxylation is 2. The minimum Gasteiger partial charge on any atom is -0.497 e. The zero-order valence-corrected chi connectivity index (χ0v) is 13.1. The van der Waals surface area contributed by atoms with Crippen LogP contribution in [0.25, 0.3) is 11.3 Å². The van der Waals surface area contributed by atoms with Crippen LogP contribution in [0.1, 0.15) is 11.5 Å². The molecule has 0 spiro atoms. The Balaban J connectivity index is 1.94. The van der Waals surface area contributed by atoms with Crippen LogP contribution in [0.4, 0.5) is 17.5 Å². The van der Waals surface area contributed by atoms with E-state index in [1.807, 2.05) is 38.1 Å². The largest absolute Gasteiger partial charge is 0.497 e. The predicted molar refractivity (Wildman–Crippen MR) is 87.7 cm³/mol. The number of rotatable bonds is 4. The number of nitrogens with one attached hydrogen (secondary N) is 1. The van der Waals surface area contributed by atoms with Gasteiger partial charge < -0.3 is 20.3 Å². The van der Waals surface area contributed by atoms with Crippen molar-refractivity contribution in [2.24, 2.45) is 0 Å². The highest BCUT2D eigenvalue weighted by atomic mass is 16.5. The number of benzene rings is 1. The first-order chi connectivity index (χ1) is 11.1. The van der Waals surface area contributed by atoms with E-state index >= 15 is 0 Å². The smallest absolute Gasteiger partial charge is 0.229 e. The predicted octanol–water partition coefficient (Wildman–Crippen LogP) is 3.08. The molecule has 0 atom stereocenters. The lowest BCUT2D eigenvalue weighted by atomic mass is 10.1. The standard InChI is InChI=1S/C16H17N5O2/c1-9-15(10(2)23-21-9)13-8-14(17)20-16(19-13)18-11-4-6-12(22-3)7-5-11/h4-8H,1-3H3,(H3,17,18,19,20). The van der Waals surface area contributed by atoms with Crippen LogP contribution in [0.3, 0.4) is 0 Å². The maximum absolute atomic E-state index is 5.90. The van der Waals surface area contributed by atoms with Crippen LogP contribution in [0.2, 0.25) is 0 Å². The number of ether oxygens (including phenoxy) is 1. The average Bonchev–Trinajstić information content (AvgIpc) is 2.86. The molecule has 0 aliphatic carbocycles. The molecule has 7 nitrogen and oxygen atoms in total. The number of hydrogen-bond acceptors (Lipinski definition) is 7. The maximum Gasteiger partial charge on any atom is 0.229 e. The van der Waals surface area contributed by atoms with Crippen molar-refractivity contribution in [2.45, 2.75) is 13.8 Å². The fraction of sp³-hybridized carbons (Fsp3) is 0.188. The summed E-state index contributed by atoms with van der Waals surface area (Å²) in [5.74, 6) is 2.24. The molecule has 0 aliphatic heterocycles. The molecule has 0 saturated carbocycles. The quantitative estimate of drug-likeness (QED) is 0.763. The number of nitrogen functional groups attached to an aromatic ring is 1. The summed E-state index contributed by atoms with van der Waals surface area (Å²) in [6.45, 7) is 3.70. The van der Waals surface area contributed by atoms with Crippen molar-refractivity contribution < 1.29 is 9.26 Å². The van der Waals surface area contributed by atoms with E-state index in [-0.39, 0.29) is 0 Å². The summed E-state index contributed by atoms with van der Waals surface area (Å²) >= 11 is 0. The summed E-state index contributed by atoms with van der Waals surface area (Å²) in [7, 11) is 1.62. The lowest BCUT2D eigenvalue weighted by Gasteiger charge is -2.08. The number of nitrogens with zero attached hydrogens (tertiary/aromatic N) is 3. The fourth-order valence-corrected chi connectivity index (χ4v) is 2.30. The Hall–Kier alpha value is -3.09. The molecule has 3 aromatic rings. The van der Waals surface area contributed by atoms with Gasteiger partial charge in [-0.2, -0.15) is 4.98 Å².